The van der Waals surface area contributed by atoms with Gasteiger partial charge >= 0.3 is 0 Å². The predicted octanol–water partition coefficient (Wildman–Crippen LogP) is 4.56. The van der Waals surface area contributed by atoms with Crippen molar-refractivity contribution in [3.05, 3.63) is 48.4 Å². The zero-order valence-electron chi connectivity index (χ0n) is 10.1. The Kier molecular flexibility index (Phi) is 4.15. The fraction of sp³-hybridized carbons (Fsp3) is 0.286. The fourth-order valence-electron chi connectivity index (χ4n) is 1.78. The number of anilines is 1. The van der Waals surface area contributed by atoms with E-state index in [-0.39, 0.29) is 6.04 Å². The summed E-state index contributed by atoms with van der Waals surface area (Å²) in [4.78, 5) is 1.27. The summed E-state index contributed by atoms with van der Waals surface area (Å²) in [6.07, 6.45) is 4.80. The van der Waals surface area contributed by atoms with E-state index in [1.165, 1.54) is 4.90 Å². The second kappa shape index (κ2) is 5.82. The molecule has 17 heavy (non-hydrogen) atoms. The maximum Gasteiger partial charge on any atom is 0.125 e. The minimum Gasteiger partial charge on any atom is -0.467 e. The summed E-state index contributed by atoms with van der Waals surface area (Å²) in [5, 5.41) is 3.50. The lowest BCUT2D eigenvalue weighted by Gasteiger charge is -2.16. The van der Waals surface area contributed by atoms with Gasteiger partial charge in [-0.05, 0) is 43.0 Å². The molecule has 2 nitrogen and oxygen atoms in total. The van der Waals surface area contributed by atoms with Crippen LogP contribution in [0.25, 0.3) is 0 Å². The smallest absolute Gasteiger partial charge is 0.125 e. The molecule has 1 aromatic heterocycles. The zero-order valence-corrected chi connectivity index (χ0v) is 11.0. The third-order valence-corrected chi connectivity index (χ3v) is 3.43. The lowest BCUT2D eigenvalue weighted by atomic mass is 10.1. The van der Waals surface area contributed by atoms with Gasteiger partial charge in [0, 0.05) is 10.6 Å². The Morgan fingerprint density at radius 3 is 2.82 bits per heavy atom. The van der Waals surface area contributed by atoms with Crippen LogP contribution in [0.2, 0.25) is 0 Å². The van der Waals surface area contributed by atoms with Gasteiger partial charge in [-0.2, -0.15) is 0 Å². The number of furan rings is 1. The summed E-state index contributed by atoms with van der Waals surface area (Å²) in [6, 6.07) is 12.6. The number of benzene rings is 1. The number of nitrogens with one attached hydrogen (secondary N) is 1. The van der Waals surface area contributed by atoms with E-state index in [4.69, 9.17) is 4.42 Å². The van der Waals surface area contributed by atoms with Gasteiger partial charge in [0.1, 0.15) is 5.76 Å². The summed E-state index contributed by atoms with van der Waals surface area (Å²) in [5.74, 6) is 0.988. The molecule has 1 N–H and O–H groups in total. The first-order valence-corrected chi connectivity index (χ1v) is 7.00. The van der Waals surface area contributed by atoms with Crippen LogP contribution in [0, 0.1) is 0 Å². The van der Waals surface area contributed by atoms with Gasteiger partial charge in [0.05, 0.1) is 12.3 Å². The van der Waals surface area contributed by atoms with Crippen molar-refractivity contribution in [1.82, 2.24) is 0 Å². The predicted molar refractivity (Wildman–Crippen MR) is 73.6 cm³/mol. The van der Waals surface area contributed by atoms with Crippen LogP contribution in [0.15, 0.2) is 52.0 Å². The molecule has 0 saturated heterocycles. The van der Waals surface area contributed by atoms with Crippen LogP contribution < -0.4 is 5.32 Å². The topological polar surface area (TPSA) is 25.2 Å². The molecule has 90 valence electrons. The standard InChI is InChI=1S/C14H17NOS/c1-3-13(14-8-5-9-16-14)15-11-6-4-7-12(10-11)17-2/h4-10,13,15H,3H2,1-2H3. The fourth-order valence-corrected chi connectivity index (χ4v) is 2.24. The maximum absolute atomic E-state index is 5.45. The van der Waals surface area contributed by atoms with E-state index in [0.717, 1.165) is 17.9 Å². The van der Waals surface area contributed by atoms with Crippen LogP contribution in [-0.4, -0.2) is 6.26 Å². The van der Waals surface area contributed by atoms with Crippen molar-refractivity contribution in [1.29, 1.82) is 0 Å². The molecule has 2 aromatic rings. The van der Waals surface area contributed by atoms with Crippen LogP contribution in [0.4, 0.5) is 5.69 Å². The van der Waals surface area contributed by atoms with Gasteiger partial charge in [-0.15, -0.1) is 11.8 Å². The second-order valence-electron chi connectivity index (χ2n) is 3.85. The summed E-state index contributed by atoms with van der Waals surface area (Å²) in [5.41, 5.74) is 1.14. The Morgan fingerprint density at radius 2 is 2.18 bits per heavy atom. The quantitative estimate of drug-likeness (QED) is 0.784. The van der Waals surface area contributed by atoms with E-state index in [2.05, 4.69) is 42.8 Å². The van der Waals surface area contributed by atoms with Crippen molar-refractivity contribution in [3.8, 4) is 0 Å². The Hall–Kier alpha value is -1.35. The molecule has 0 amide bonds. The van der Waals surface area contributed by atoms with E-state index in [1.54, 1.807) is 18.0 Å². The van der Waals surface area contributed by atoms with Crippen LogP contribution in [0.5, 0.6) is 0 Å². The minimum atomic E-state index is 0.238. The molecule has 0 fully saturated rings. The van der Waals surface area contributed by atoms with Gasteiger partial charge in [-0.1, -0.05) is 13.0 Å². The van der Waals surface area contributed by atoms with E-state index < -0.39 is 0 Å². The average molecular weight is 247 g/mol. The highest BCUT2D eigenvalue weighted by Crippen LogP contribution is 2.25. The van der Waals surface area contributed by atoms with E-state index in [1.807, 2.05) is 12.1 Å². The van der Waals surface area contributed by atoms with E-state index in [0.29, 0.717) is 0 Å². The molecular formula is C14H17NOS. The third-order valence-electron chi connectivity index (χ3n) is 2.71. The molecule has 1 aromatic carbocycles. The summed E-state index contributed by atoms with van der Waals surface area (Å²) >= 11 is 1.75. The number of hydrogen-bond donors (Lipinski definition) is 1. The Balaban J connectivity index is 2.13. The van der Waals surface area contributed by atoms with Gasteiger partial charge in [0.25, 0.3) is 0 Å². The molecule has 0 spiro atoms. The normalized spacial score (nSPS) is 12.4. The molecule has 1 heterocycles. The second-order valence-corrected chi connectivity index (χ2v) is 4.73. The van der Waals surface area contributed by atoms with Gasteiger partial charge in [0.2, 0.25) is 0 Å². The molecular weight excluding hydrogens is 230 g/mol. The number of rotatable bonds is 5. The summed E-state index contributed by atoms with van der Waals surface area (Å²) in [6.45, 7) is 2.15. The average Bonchev–Trinajstić information content (AvgIpc) is 2.90. The molecule has 0 aliphatic heterocycles. The molecule has 0 aliphatic carbocycles. The van der Waals surface area contributed by atoms with Crippen molar-refractivity contribution in [3.63, 3.8) is 0 Å². The molecule has 0 bridgehead atoms. The Bertz CT molecular complexity index is 453. The van der Waals surface area contributed by atoms with E-state index >= 15 is 0 Å². The largest absolute Gasteiger partial charge is 0.467 e. The van der Waals surface area contributed by atoms with Crippen molar-refractivity contribution in [2.24, 2.45) is 0 Å². The summed E-state index contributed by atoms with van der Waals surface area (Å²) < 4.78 is 5.45. The number of thioether (sulfide) groups is 1. The minimum absolute atomic E-state index is 0.238. The third kappa shape index (κ3) is 3.07. The Morgan fingerprint density at radius 1 is 1.29 bits per heavy atom. The van der Waals surface area contributed by atoms with Gasteiger partial charge in [0.15, 0.2) is 0 Å². The summed E-state index contributed by atoms with van der Waals surface area (Å²) in [7, 11) is 0. The highest BCUT2D eigenvalue weighted by Gasteiger charge is 2.11. The first kappa shape index (κ1) is 12.1. The Labute approximate surface area is 106 Å². The molecule has 3 heteroatoms. The highest BCUT2D eigenvalue weighted by atomic mass is 32.2. The van der Waals surface area contributed by atoms with Gasteiger partial charge in [-0.3, -0.25) is 0 Å². The molecule has 1 unspecified atom stereocenters. The number of hydrogen-bond acceptors (Lipinski definition) is 3. The molecule has 0 saturated carbocycles. The SMILES string of the molecule is CCC(Nc1cccc(SC)c1)c1ccco1. The first-order valence-electron chi connectivity index (χ1n) is 5.77. The molecule has 0 radical (unpaired) electrons. The monoisotopic (exact) mass is 247 g/mol. The van der Waals surface area contributed by atoms with Crippen molar-refractivity contribution in [2.75, 3.05) is 11.6 Å². The first-order chi connectivity index (χ1) is 8.33. The zero-order chi connectivity index (χ0) is 12.1. The van der Waals surface area contributed by atoms with Crippen LogP contribution in [0.3, 0.4) is 0 Å². The van der Waals surface area contributed by atoms with Crippen molar-refractivity contribution >= 4 is 17.4 Å². The van der Waals surface area contributed by atoms with Gasteiger partial charge < -0.3 is 9.73 Å². The van der Waals surface area contributed by atoms with Crippen molar-refractivity contribution < 1.29 is 4.42 Å². The molecule has 1 atom stereocenters. The van der Waals surface area contributed by atoms with Crippen LogP contribution >= 0.6 is 11.8 Å². The molecule has 0 aliphatic rings. The van der Waals surface area contributed by atoms with Crippen molar-refractivity contribution in [2.45, 2.75) is 24.3 Å². The van der Waals surface area contributed by atoms with E-state index in [9.17, 15) is 0 Å². The maximum atomic E-state index is 5.45. The molecule has 2 rings (SSSR count). The lowest BCUT2D eigenvalue weighted by molar-refractivity contribution is 0.474. The van der Waals surface area contributed by atoms with Gasteiger partial charge in [-0.25, -0.2) is 0 Å². The van der Waals surface area contributed by atoms with Crippen LogP contribution in [0.1, 0.15) is 25.1 Å². The highest BCUT2D eigenvalue weighted by molar-refractivity contribution is 7.98. The van der Waals surface area contributed by atoms with Crippen LogP contribution in [-0.2, 0) is 0 Å². The lowest BCUT2D eigenvalue weighted by Crippen LogP contribution is -2.08.